The number of nitrogens with zero attached hydrogens (tertiary/aromatic N) is 2. The summed E-state index contributed by atoms with van der Waals surface area (Å²) in [4.78, 5) is 19.9. The Balaban J connectivity index is 2.03. The third kappa shape index (κ3) is 3.29. The number of aliphatic hydroxyl groups is 1. The molecule has 8 heteroatoms. The number of carbonyl (C=O) groups is 1. The minimum Gasteiger partial charge on any atom is -0.453 e. The third-order valence-corrected chi connectivity index (χ3v) is 5.74. The van der Waals surface area contributed by atoms with E-state index in [0.717, 1.165) is 12.8 Å². The van der Waals surface area contributed by atoms with E-state index in [1.807, 2.05) is 0 Å². The van der Waals surface area contributed by atoms with E-state index >= 15 is 0 Å². The van der Waals surface area contributed by atoms with Crippen molar-refractivity contribution in [3.8, 4) is 11.3 Å². The first kappa shape index (κ1) is 18.7. The van der Waals surface area contributed by atoms with E-state index in [4.69, 9.17) is 21.8 Å². The molecule has 0 aliphatic heterocycles. The van der Waals surface area contributed by atoms with E-state index in [2.05, 4.69) is 29.1 Å². The highest BCUT2D eigenvalue weighted by molar-refractivity contribution is 6.32. The molecular formula is C18H23ClN4O3. The summed E-state index contributed by atoms with van der Waals surface area (Å²) in [5.74, 6) is 1.40. The Bertz CT molecular complexity index is 838. The second kappa shape index (κ2) is 6.89. The molecule has 1 saturated carbocycles. The molecule has 26 heavy (non-hydrogen) atoms. The number of nitrogens with two attached hydrogens (primary N) is 1. The Hall–Kier alpha value is -2.12. The first-order chi connectivity index (χ1) is 12.2. The maximum atomic E-state index is 11.5. The minimum atomic E-state index is -0.289. The lowest BCUT2D eigenvalue weighted by Crippen LogP contribution is -2.40. The molecule has 140 valence electrons. The Kier molecular flexibility index (Phi) is 4.94. The SMILES string of the molecule is CC(=O)c1ccc(-c2c(Cl)nc(N)nc2NC2(C)CCC(CO)C2C)o1. The van der Waals surface area contributed by atoms with Gasteiger partial charge in [-0.2, -0.15) is 4.98 Å². The number of hydrogen-bond donors (Lipinski definition) is 3. The summed E-state index contributed by atoms with van der Waals surface area (Å²) >= 11 is 6.33. The van der Waals surface area contributed by atoms with Gasteiger partial charge in [0, 0.05) is 19.1 Å². The summed E-state index contributed by atoms with van der Waals surface area (Å²) in [6, 6.07) is 3.26. The minimum absolute atomic E-state index is 0.0487. The van der Waals surface area contributed by atoms with Gasteiger partial charge in [0.05, 0.1) is 5.56 Å². The maximum absolute atomic E-state index is 11.5. The van der Waals surface area contributed by atoms with Crippen molar-refractivity contribution in [3.63, 3.8) is 0 Å². The number of nitrogen functional groups attached to an aromatic ring is 1. The van der Waals surface area contributed by atoms with Crippen LogP contribution in [0.5, 0.6) is 0 Å². The van der Waals surface area contributed by atoms with E-state index in [0.29, 0.717) is 17.1 Å². The Morgan fingerprint density at radius 2 is 2.23 bits per heavy atom. The van der Waals surface area contributed by atoms with Crippen molar-refractivity contribution >= 4 is 29.2 Å². The Morgan fingerprint density at radius 1 is 1.50 bits per heavy atom. The molecule has 2 aromatic rings. The van der Waals surface area contributed by atoms with Crippen LogP contribution in [-0.4, -0.2) is 33.0 Å². The molecule has 1 fully saturated rings. The molecule has 3 rings (SSSR count). The van der Waals surface area contributed by atoms with Crippen molar-refractivity contribution in [2.45, 2.75) is 39.2 Å². The van der Waals surface area contributed by atoms with E-state index in [1.54, 1.807) is 12.1 Å². The van der Waals surface area contributed by atoms with Gasteiger partial charge in [-0.05, 0) is 43.7 Å². The van der Waals surface area contributed by atoms with Crippen molar-refractivity contribution < 1.29 is 14.3 Å². The maximum Gasteiger partial charge on any atom is 0.223 e. The van der Waals surface area contributed by atoms with Gasteiger partial charge >= 0.3 is 0 Å². The van der Waals surface area contributed by atoms with Gasteiger partial charge in [-0.15, -0.1) is 0 Å². The molecule has 4 N–H and O–H groups in total. The lowest BCUT2D eigenvalue weighted by atomic mass is 9.86. The molecule has 2 aromatic heterocycles. The molecule has 0 spiro atoms. The number of Topliss-reactive ketones (excluding diaryl/α,β-unsaturated/α-hetero) is 1. The molecule has 7 nitrogen and oxygen atoms in total. The standard InChI is InChI=1S/C18H23ClN4O3/c1-9-11(8-24)6-7-18(9,3)23-16-14(15(19)21-17(20)22-16)13-5-4-12(26-13)10(2)25/h4-5,9,11,24H,6-8H2,1-3H3,(H3,20,21,22,23). The van der Waals surface area contributed by atoms with E-state index in [9.17, 15) is 9.90 Å². The molecule has 0 amide bonds. The van der Waals surface area contributed by atoms with Gasteiger partial charge in [0.15, 0.2) is 11.5 Å². The molecule has 0 bridgehead atoms. The molecule has 1 aliphatic carbocycles. The van der Waals surface area contributed by atoms with E-state index < -0.39 is 0 Å². The number of aliphatic hydroxyl groups excluding tert-OH is 1. The zero-order chi connectivity index (χ0) is 19.1. The predicted octanol–water partition coefficient (Wildman–Crippen LogP) is 3.38. The first-order valence-corrected chi connectivity index (χ1v) is 8.96. The summed E-state index contributed by atoms with van der Waals surface area (Å²) in [7, 11) is 0. The highest BCUT2D eigenvalue weighted by Gasteiger charge is 2.43. The number of rotatable bonds is 5. The number of carbonyl (C=O) groups excluding carboxylic acids is 1. The van der Waals surface area contributed by atoms with Crippen molar-refractivity contribution in [2.24, 2.45) is 11.8 Å². The summed E-state index contributed by atoms with van der Waals surface area (Å²) in [6.07, 6.45) is 1.79. The normalized spacial score (nSPS) is 25.4. The van der Waals surface area contributed by atoms with Crippen molar-refractivity contribution in [2.75, 3.05) is 17.7 Å². The predicted molar refractivity (Wildman–Crippen MR) is 100 cm³/mol. The second-order valence-corrected chi connectivity index (χ2v) is 7.49. The van der Waals surface area contributed by atoms with Gasteiger partial charge in [-0.1, -0.05) is 18.5 Å². The van der Waals surface area contributed by atoms with Gasteiger partial charge in [0.25, 0.3) is 0 Å². The largest absolute Gasteiger partial charge is 0.453 e. The van der Waals surface area contributed by atoms with Crippen LogP contribution in [0.2, 0.25) is 5.15 Å². The number of nitrogens with one attached hydrogen (secondary N) is 1. The molecular weight excluding hydrogens is 356 g/mol. The highest BCUT2D eigenvalue weighted by atomic mass is 35.5. The van der Waals surface area contributed by atoms with Crippen molar-refractivity contribution in [3.05, 3.63) is 23.0 Å². The molecule has 1 aliphatic rings. The molecule has 3 unspecified atom stereocenters. The van der Waals surface area contributed by atoms with Crippen LogP contribution in [0.15, 0.2) is 16.5 Å². The molecule has 2 heterocycles. The molecule has 3 atom stereocenters. The summed E-state index contributed by atoms with van der Waals surface area (Å²) in [5, 5.41) is 13.2. The molecule has 0 radical (unpaired) electrons. The topological polar surface area (TPSA) is 114 Å². The quantitative estimate of drug-likeness (QED) is 0.539. The third-order valence-electron chi connectivity index (χ3n) is 5.47. The van der Waals surface area contributed by atoms with Gasteiger partial charge in [0.1, 0.15) is 16.7 Å². The van der Waals surface area contributed by atoms with Gasteiger partial charge in [-0.3, -0.25) is 4.79 Å². The monoisotopic (exact) mass is 378 g/mol. The lowest BCUT2D eigenvalue weighted by molar-refractivity contribution is 0.0988. The van der Waals surface area contributed by atoms with E-state index in [-0.39, 0.29) is 46.6 Å². The smallest absolute Gasteiger partial charge is 0.223 e. The lowest BCUT2D eigenvalue weighted by Gasteiger charge is -2.33. The Morgan fingerprint density at radius 3 is 2.81 bits per heavy atom. The molecule has 0 saturated heterocycles. The van der Waals surface area contributed by atoms with Crippen LogP contribution >= 0.6 is 11.6 Å². The van der Waals surface area contributed by atoms with Crippen LogP contribution in [-0.2, 0) is 0 Å². The van der Waals surface area contributed by atoms with Crippen molar-refractivity contribution in [1.82, 2.24) is 9.97 Å². The average molecular weight is 379 g/mol. The number of anilines is 2. The number of ketones is 1. The summed E-state index contributed by atoms with van der Waals surface area (Å²) < 4.78 is 5.62. The van der Waals surface area contributed by atoms with E-state index in [1.165, 1.54) is 6.92 Å². The fourth-order valence-electron chi connectivity index (χ4n) is 3.60. The zero-order valence-electron chi connectivity index (χ0n) is 15.0. The highest BCUT2D eigenvalue weighted by Crippen LogP contribution is 2.44. The fraction of sp³-hybridized carbons (Fsp3) is 0.500. The second-order valence-electron chi connectivity index (χ2n) is 7.13. The van der Waals surface area contributed by atoms with Gasteiger partial charge in [-0.25, -0.2) is 4.98 Å². The van der Waals surface area contributed by atoms with Gasteiger partial charge in [0.2, 0.25) is 5.95 Å². The van der Waals surface area contributed by atoms with Crippen LogP contribution in [0.4, 0.5) is 11.8 Å². The molecule has 0 aromatic carbocycles. The van der Waals surface area contributed by atoms with Crippen LogP contribution in [0.25, 0.3) is 11.3 Å². The van der Waals surface area contributed by atoms with Crippen LogP contribution < -0.4 is 11.1 Å². The average Bonchev–Trinajstić information content (AvgIpc) is 3.13. The summed E-state index contributed by atoms with van der Waals surface area (Å²) in [6.45, 7) is 5.77. The zero-order valence-corrected chi connectivity index (χ0v) is 15.8. The van der Waals surface area contributed by atoms with Gasteiger partial charge < -0.3 is 20.6 Å². The van der Waals surface area contributed by atoms with Crippen LogP contribution in [0, 0.1) is 11.8 Å². The van der Waals surface area contributed by atoms with Crippen molar-refractivity contribution in [1.29, 1.82) is 0 Å². The first-order valence-electron chi connectivity index (χ1n) is 8.58. The number of aromatic nitrogens is 2. The van der Waals surface area contributed by atoms with Crippen LogP contribution in [0.3, 0.4) is 0 Å². The summed E-state index contributed by atoms with van der Waals surface area (Å²) in [5.41, 5.74) is 5.97. The number of furan rings is 1. The number of halogens is 1. The van der Waals surface area contributed by atoms with Crippen LogP contribution in [0.1, 0.15) is 44.2 Å². The fourth-order valence-corrected chi connectivity index (χ4v) is 3.87. The number of hydrogen-bond acceptors (Lipinski definition) is 7. The Labute approximate surface area is 157 Å².